The average molecular weight is 661 g/mol. The number of ether oxygens (including phenoxy) is 1. The van der Waals surface area contributed by atoms with E-state index in [4.69, 9.17) is 4.74 Å². The summed E-state index contributed by atoms with van der Waals surface area (Å²) in [5, 5.41) is 13.2. The number of carboxylic acids is 1. The number of aliphatic carboxylic acids is 1. The molecular weight excluding hydrogens is 600 g/mol. The highest BCUT2D eigenvalue weighted by atomic mass is 16.5. The van der Waals surface area contributed by atoms with Crippen LogP contribution in [0, 0.1) is 56.7 Å². The minimum atomic E-state index is -1.15. The number of allylic oxidation sites excluding steroid dienone is 1. The first-order valence-corrected chi connectivity index (χ1v) is 18.6. The molecule has 0 unspecified atom stereocenters. The number of rotatable bonds is 7. The topological polar surface area (TPSA) is 106 Å². The Bertz CT molecular complexity index is 1470. The minimum absolute atomic E-state index is 0.0208. The summed E-state index contributed by atoms with van der Waals surface area (Å²) >= 11 is 0. The lowest BCUT2D eigenvalue weighted by Crippen LogP contribution is -2.69. The first-order chi connectivity index (χ1) is 22.3. The Balaban J connectivity index is 1.27. The van der Waals surface area contributed by atoms with Gasteiger partial charge in [-0.2, -0.15) is 0 Å². The van der Waals surface area contributed by atoms with Gasteiger partial charge in [0.2, 0.25) is 0 Å². The standard InChI is InChI=1S/C41H60N2O5/c1-25(2)27-12-19-41(43-34(45)26-15-22-42-23-16-26)21-20-39(8)28(33(27)41)10-11-30-38(7)17-14-31(48-32(44)24-36(3,4)35(46)47)37(5,6)29(38)13-18-40(30,39)9/h15-16,22-23,27-31,33H,1,10-14,17-21,24H2,2-9H3,(H,43,45)(H,46,47)/t27-,28+,29-,30+,31-,33+,38-,39+,40+,41-/m0/s1. The second kappa shape index (κ2) is 11.7. The Morgan fingerprint density at radius 1 is 0.917 bits per heavy atom. The molecule has 2 N–H and O–H groups in total. The monoisotopic (exact) mass is 660 g/mol. The first kappa shape index (κ1) is 35.1. The molecule has 0 aliphatic heterocycles. The van der Waals surface area contributed by atoms with Gasteiger partial charge < -0.3 is 15.2 Å². The highest BCUT2D eigenvalue weighted by Gasteiger charge is 2.71. The summed E-state index contributed by atoms with van der Waals surface area (Å²) in [6, 6.07) is 3.64. The normalized spacial score (nSPS) is 41.5. The quantitative estimate of drug-likeness (QED) is 0.224. The third-order valence-corrected chi connectivity index (χ3v) is 15.7. The molecule has 7 heteroatoms. The van der Waals surface area contributed by atoms with E-state index >= 15 is 0 Å². The molecule has 5 aliphatic rings. The van der Waals surface area contributed by atoms with Crippen molar-refractivity contribution in [1.82, 2.24) is 10.3 Å². The van der Waals surface area contributed by atoms with Gasteiger partial charge in [0.1, 0.15) is 6.10 Å². The number of hydrogen-bond acceptors (Lipinski definition) is 5. The zero-order chi connectivity index (χ0) is 35.1. The van der Waals surface area contributed by atoms with Crippen molar-refractivity contribution in [3.05, 3.63) is 42.2 Å². The molecule has 5 aliphatic carbocycles. The summed E-state index contributed by atoms with van der Waals surface area (Å²) in [6.45, 7) is 22.2. The number of pyridine rings is 1. The van der Waals surface area contributed by atoms with Crippen molar-refractivity contribution < 1.29 is 24.2 Å². The van der Waals surface area contributed by atoms with Crippen LogP contribution in [-0.4, -0.2) is 39.6 Å². The molecule has 1 aromatic heterocycles. The van der Waals surface area contributed by atoms with E-state index in [0.717, 1.165) is 51.4 Å². The summed E-state index contributed by atoms with van der Waals surface area (Å²) in [7, 11) is 0. The molecule has 6 rings (SSSR count). The van der Waals surface area contributed by atoms with E-state index < -0.39 is 17.4 Å². The SMILES string of the molecule is C=C(C)[C@@H]1CC[C@]2(NC(=O)c3ccncc3)CC[C@]3(C)[C@H](CC[C@@H]4[C@@]5(C)CC[C@H](OC(=O)CC(C)(C)C(=O)O)C(C)(C)[C@@H]5CC[C@]43C)[C@@H]12. The molecular formula is C41H60N2O5. The van der Waals surface area contributed by atoms with Crippen molar-refractivity contribution in [2.24, 2.45) is 56.7 Å². The number of amides is 1. The van der Waals surface area contributed by atoms with Crippen molar-refractivity contribution in [2.75, 3.05) is 0 Å². The van der Waals surface area contributed by atoms with Crippen LogP contribution in [-0.2, 0) is 14.3 Å². The van der Waals surface area contributed by atoms with Gasteiger partial charge in [-0.1, -0.05) is 46.8 Å². The predicted octanol–water partition coefficient (Wildman–Crippen LogP) is 8.63. The fourth-order valence-corrected chi connectivity index (χ4v) is 13.0. The molecule has 0 radical (unpaired) electrons. The lowest BCUT2D eigenvalue weighted by atomic mass is 9.32. The van der Waals surface area contributed by atoms with E-state index in [2.05, 4.69) is 58.4 Å². The van der Waals surface area contributed by atoms with Gasteiger partial charge in [0.05, 0.1) is 11.8 Å². The van der Waals surface area contributed by atoms with Gasteiger partial charge in [-0.05, 0) is 143 Å². The van der Waals surface area contributed by atoms with Gasteiger partial charge in [-0.25, -0.2) is 0 Å². The van der Waals surface area contributed by atoms with Gasteiger partial charge in [-0.15, -0.1) is 0 Å². The second-order valence-corrected chi connectivity index (χ2v) is 18.7. The molecule has 0 aromatic carbocycles. The summed E-state index contributed by atoms with van der Waals surface area (Å²) in [5.74, 6) is 0.927. The van der Waals surface area contributed by atoms with Crippen molar-refractivity contribution >= 4 is 17.8 Å². The minimum Gasteiger partial charge on any atom is -0.481 e. The van der Waals surface area contributed by atoms with Crippen molar-refractivity contribution in [3.8, 4) is 0 Å². The van der Waals surface area contributed by atoms with Crippen molar-refractivity contribution in [1.29, 1.82) is 0 Å². The maximum atomic E-state index is 13.7. The molecule has 5 saturated carbocycles. The van der Waals surface area contributed by atoms with Crippen LogP contribution in [0.4, 0.5) is 0 Å². The van der Waals surface area contributed by atoms with E-state index in [1.807, 2.05) is 12.1 Å². The zero-order valence-corrected chi connectivity index (χ0v) is 30.8. The maximum absolute atomic E-state index is 13.7. The third kappa shape index (κ3) is 5.18. The third-order valence-electron chi connectivity index (χ3n) is 15.7. The number of fused-ring (bicyclic) bond motifs is 7. The Labute approximate surface area is 288 Å². The molecule has 0 spiro atoms. The van der Waals surface area contributed by atoms with Crippen LogP contribution in [0.15, 0.2) is 36.7 Å². The number of carboxylic acid groups (broad SMARTS) is 1. The Morgan fingerprint density at radius 3 is 2.25 bits per heavy atom. The Morgan fingerprint density at radius 2 is 1.60 bits per heavy atom. The predicted molar refractivity (Wildman–Crippen MR) is 187 cm³/mol. The summed E-state index contributed by atoms with van der Waals surface area (Å²) in [6.07, 6.45) is 13.7. The summed E-state index contributed by atoms with van der Waals surface area (Å²) in [4.78, 5) is 42.6. The van der Waals surface area contributed by atoms with Crippen molar-refractivity contribution in [3.63, 3.8) is 0 Å². The number of carbonyl (C=O) groups is 3. The average Bonchev–Trinajstić information content (AvgIpc) is 3.39. The molecule has 1 aromatic rings. The Hall–Kier alpha value is -2.70. The highest BCUT2D eigenvalue weighted by Crippen LogP contribution is 2.76. The molecule has 0 saturated heterocycles. The molecule has 0 bridgehead atoms. The van der Waals surface area contributed by atoms with E-state index in [9.17, 15) is 19.5 Å². The molecule has 1 amide bonds. The fourth-order valence-electron chi connectivity index (χ4n) is 13.0. The molecule has 5 fully saturated rings. The van der Waals surface area contributed by atoms with Crippen LogP contribution in [0.25, 0.3) is 0 Å². The molecule has 7 nitrogen and oxygen atoms in total. The van der Waals surface area contributed by atoms with Crippen LogP contribution in [0.2, 0.25) is 0 Å². The lowest BCUT2D eigenvalue weighted by molar-refractivity contribution is -0.246. The number of nitrogens with zero attached hydrogens (tertiary/aromatic N) is 1. The highest BCUT2D eigenvalue weighted by molar-refractivity contribution is 5.94. The first-order valence-electron chi connectivity index (χ1n) is 18.6. The largest absolute Gasteiger partial charge is 0.481 e. The number of nitrogens with one attached hydrogen (secondary N) is 1. The lowest BCUT2D eigenvalue weighted by Gasteiger charge is -2.73. The van der Waals surface area contributed by atoms with Crippen LogP contribution in [0.1, 0.15) is 136 Å². The van der Waals surface area contributed by atoms with Crippen LogP contribution in [0.5, 0.6) is 0 Å². The van der Waals surface area contributed by atoms with E-state index in [-0.39, 0.29) is 45.6 Å². The molecule has 264 valence electrons. The van der Waals surface area contributed by atoms with Crippen LogP contribution in [0.3, 0.4) is 0 Å². The van der Waals surface area contributed by atoms with Crippen LogP contribution >= 0.6 is 0 Å². The van der Waals surface area contributed by atoms with Crippen molar-refractivity contribution in [2.45, 2.75) is 138 Å². The number of esters is 1. The molecule has 48 heavy (non-hydrogen) atoms. The van der Waals surface area contributed by atoms with E-state index in [0.29, 0.717) is 35.2 Å². The smallest absolute Gasteiger partial charge is 0.309 e. The number of carbonyl (C=O) groups excluding carboxylic acids is 2. The fraction of sp³-hybridized carbons (Fsp3) is 0.756. The van der Waals surface area contributed by atoms with Gasteiger partial charge in [0.25, 0.3) is 5.91 Å². The number of hydrogen-bond donors (Lipinski definition) is 2. The van der Waals surface area contributed by atoms with E-state index in [1.54, 1.807) is 26.2 Å². The maximum Gasteiger partial charge on any atom is 0.309 e. The summed E-state index contributed by atoms with van der Waals surface area (Å²) in [5.41, 5.74) is 0.815. The van der Waals surface area contributed by atoms with Gasteiger partial charge in [0.15, 0.2) is 0 Å². The second-order valence-electron chi connectivity index (χ2n) is 18.7. The van der Waals surface area contributed by atoms with Gasteiger partial charge in [0, 0.05) is 28.9 Å². The Kier molecular flexibility index (Phi) is 8.56. The molecule has 1 heterocycles. The summed E-state index contributed by atoms with van der Waals surface area (Å²) < 4.78 is 6.16. The van der Waals surface area contributed by atoms with Gasteiger partial charge in [-0.3, -0.25) is 19.4 Å². The number of aromatic nitrogens is 1. The van der Waals surface area contributed by atoms with Crippen LogP contribution < -0.4 is 5.32 Å². The van der Waals surface area contributed by atoms with Gasteiger partial charge >= 0.3 is 11.9 Å². The van der Waals surface area contributed by atoms with E-state index in [1.165, 1.54) is 18.4 Å². The zero-order valence-electron chi connectivity index (χ0n) is 30.8. The molecule has 10 atom stereocenters.